The lowest BCUT2D eigenvalue weighted by atomic mass is 10.2. The highest BCUT2D eigenvalue weighted by Crippen LogP contribution is 2.07. The standard InChI is InChI=1S/C15H19N5O3.2ClH/c1-19-12-10(14(22)20(2)15(19)23)5-6-11(18-12)13(21)17-8-9-4-3-7-16-9;;/h5-6,9,16H,3-4,7-8H2,1-2H3,(H,17,21);2*1H. The van der Waals surface area contributed by atoms with Crippen LogP contribution in [0.2, 0.25) is 0 Å². The summed E-state index contributed by atoms with van der Waals surface area (Å²) in [6, 6.07) is 3.33. The number of fused-ring (bicyclic) bond motifs is 1. The first kappa shape index (κ1) is 21.1. The van der Waals surface area contributed by atoms with Gasteiger partial charge in [-0.25, -0.2) is 9.78 Å². The SMILES string of the molecule is Cl.Cl.Cn1c(=O)c2ccc(C(=O)NCC3CCCN3)nc2n(C)c1=O. The van der Waals surface area contributed by atoms with E-state index in [2.05, 4.69) is 15.6 Å². The summed E-state index contributed by atoms with van der Waals surface area (Å²) in [5.41, 5.74) is -0.482. The zero-order valence-corrected chi connectivity index (χ0v) is 15.6. The van der Waals surface area contributed by atoms with Gasteiger partial charge in [0.25, 0.3) is 11.5 Å². The first-order valence-electron chi connectivity index (χ1n) is 7.57. The Kier molecular flexibility index (Phi) is 7.16. The Balaban J connectivity index is 0.00000156. The van der Waals surface area contributed by atoms with E-state index < -0.39 is 11.2 Å². The number of carbonyl (C=O) groups is 1. The smallest absolute Gasteiger partial charge is 0.332 e. The molecule has 1 aliphatic heterocycles. The van der Waals surface area contributed by atoms with E-state index in [9.17, 15) is 14.4 Å². The number of carbonyl (C=O) groups excluding carboxylic acids is 1. The maximum Gasteiger partial charge on any atom is 0.332 e. The summed E-state index contributed by atoms with van der Waals surface area (Å²) in [7, 11) is 2.95. The van der Waals surface area contributed by atoms with Crippen molar-refractivity contribution in [3.63, 3.8) is 0 Å². The molecule has 3 rings (SSSR count). The molecule has 138 valence electrons. The van der Waals surface area contributed by atoms with Gasteiger partial charge in [0.2, 0.25) is 0 Å². The molecule has 1 fully saturated rings. The topological polar surface area (TPSA) is 98.0 Å². The Hall–Kier alpha value is -1.90. The lowest BCUT2D eigenvalue weighted by Gasteiger charge is -2.12. The van der Waals surface area contributed by atoms with Gasteiger partial charge in [-0.05, 0) is 31.5 Å². The summed E-state index contributed by atoms with van der Waals surface area (Å²) >= 11 is 0. The van der Waals surface area contributed by atoms with Gasteiger partial charge in [0.05, 0.1) is 5.39 Å². The van der Waals surface area contributed by atoms with Gasteiger partial charge in [0.15, 0.2) is 0 Å². The molecule has 1 atom stereocenters. The van der Waals surface area contributed by atoms with Gasteiger partial charge >= 0.3 is 5.69 Å². The van der Waals surface area contributed by atoms with Crippen molar-refractivity contribution in [2.75, 3.05) is 13.1 Å². The summed E-state index contributed by atoms with van der Waals surface area (Å²) < 4.78 is 2.29. The third kappa shape index (κ3) is 4.02. The maximum absolute atomic E-state index is 12.2. The number of pyridine rings is 1. The van der Waals surface area contributed by atoms with Gasteiger partial charge in [-0.3, -0.25) is 18.7 Å². The van der Waals surface area contributed by atoms with Crippen LogP contribution in [0.4, 0.5) is 0 Å². The normalized spacial score (nSPS) is 16.2. The number of hydrogen-bond acceptors (Lipinski definition) is 5. The molecule has 2 N–H and O–H groups in total. The molecule has 0 saturated carbocycles. The third-order valence-corrected chi connectivity index (χ3v) is 4.21. The number of halogens is 2. The quantitative estimate of drug-likeness (QED) is 0.767. The van der Waals surface area contributed by atoms with Crippen LogP contribution in [0, 0.1) is 0 Å². The minimum atomic E-state index is -0.470. The number of aromatic nitrogens is 3. The number of nitrogens with one attached hydrogen (secondary N) is 2. The molecule has 0 radical (unpaired) electrons. The van der Waals surface area contributed by atoms with Crippen molar-refractivity contribution in [1.82, 2.24) is 24.8 Å². The van der Waals surface area contributed by atoms with E-state index in [-0.39, 0.29) is 48.1 Å². The van der Waals surface area contributed by atoms with Crippen LogP contribution in [0.1, 0.15) is 23.3 Å². The molecule has 1 unspecified atom stereocenters. The fourth-order valence-electron chi connectivity index (χ4n) is 2.82. The Labute approximate surface area is 156 Å². The van der Waals surface area contributed by atoms with Crippen LogP contribution < -0.4 is 21.9 Å². The minimum absolute atomic E-state index is 0. The second-order valence-electron chi connectivity index (χ2n) is 5.78. The highest BCUT2D eigenvalue weighted by atomic mass is 35.5. The first-order chi connectivity index (χ1) is 11.0. The van der Waals surface area contributed by atoms with Gasteiger partial charge < -0.3 is 10.6 Å². The van der Waals surface area contributed by atoms with Crippen LogP contribution in [0.3, 0.4) is 0 Å². The highest BCUT2D eigenvalue weighted by Gasteiger charge is 2.17. The molecule has 2 aromatic heterocycles. The number of aryl methyl sites for hydroxylation is 1. The molecular weight excluding hydrogens is 369 g/mol. The molecule has 1 aliphatic rings. The lowest BCUT2D eigenvalue weighted by Crippen LogP contribution is -2.38. The van der Waals surface area contributed by atoms with Crippen LogP contribution in [0.25, 0.3) is 11.0 Å². The van der Waals surface area contributed by atoms with Crippen molar-refractivity contribution in [2.24, 2.45) is 14.1 Å². The van der Waals surface area contributed by atoms with Crippen molar-refractivity contribution in [3.8, 4) is 0 Å². The Morgan fingerprint density at radius 2 is 2.00 bits per heavy atom. The summed E-state index contributed by atoms with van der Waals surface area (Å²) in [6.07, 6.45) is 2.15. The third-order valence-electron chi connectivity index (χ3n) is 4.21. The monoisotopic (exact) mass is 389 g/mol. The van der Waals surface area contributed by atoms with E-state index in [0.717, 1.165) is 24.0 Å². The van der Waals surface area contributed by atoms with Gasteiger partial charge in [-0.15, -0.1) is 24.8 Å². The number of nitrogens with zero attached hydrogens (tertiary/aromatic N) is 3. The molecule has 1 saturated heterocycles. The van der Waals surface area contributed by atoms with Crippen LogP contribution in [-0.2, 0) is 14.1 Å². The van der Waals surface area contributed by atoms with Crippen LogP contribution in [-0.4, -0.2) is 39.2 Å². The molecular formula is C15H21Cl2N5O3. The zero-order valence-electron chi connectivity index (χ0n) is 13.9. The van der Waals surface area contributed by atoms with E-state index in [4.69, 9.17) is 0 Å². The predicted octanol–water partition coefficient (Wildman–Crippen LogP) is -0.0424. The Bertz CT molecular complexity index is 887. The predicted molar refractivity (Wildman–Crippen MR) is 100 cm³/mol. The fourth-order valence-corrected chi connectivity index (χ4v) is 2.82. The highest BCUT2D eigenvalue weighted by molar-refractivity contribution is 5.94. The number of amides is 1. The molecule has 8 nitrogen and oxygen atoms in total. The maximum atomic E-state index is 12.2. The Morgan fingerprint density at radius 1 is 1.28 bits per heavy atom. The molecule has 1 amide bonds. The second kappa shape index (κ2) is 8.46. The van der Waals surface area contributed by atoms with Crippen molar-refractivity contribution in [2.45, 2.75) is 18.9 Å². The van der Waals surface area contributed by atoms with Crippen molar-refractivity contribution in [3.05, 3.63) is 38.7 Å². The Morgan fingerprint density at radius 3 is 2.64 bits per heavy atom. The van der Waals surface area contributed by atoms with Gasteiger partial charge in [0.1, 0.15) is 11.3 Å². The molecule has 10 heteroatoms. The van der Waals surface area contributed by atoms with Crippen LogP contribution in [0.5, 0.6) is 0 Å². The number of hydrogen-bond donors (Lipinski definition) is 2. The van der Waals surface area contributed by atoms with E-state index in [0.29, 0.717) is 11.9 Å². The molecule has 25 heavy (non-hydrogen) atoms. The van der Waals surface area contributed by atoms with E-state index in [1.165, 1.54) is 30.8 Å². The van der Waals surface area contributed by atoms with Gasteiger partial charge in [-0.1, -0.05) is 0 Å². The molecule has 0 aromatic carbocycles. The number of rotatable bonds is 3. The van der Waals surface area contributed by atoms with Crippen molar-refractivity contribution >= 4 is 41.8 Å². The fraction of sp³-hybridized carbons (Fsp3) is 0.467. The summed E-state index contributed by atoms with van der Waals surface area (Å²) in [5, 5.41) is 6.44. The lowest BCUT2D eigenvalue weighted by molar-refractivity contribution is 0.0945. The zero-order chi connectivity index (χ0) is 16.6. The minimum Gasteiger partial charge on any atom is -0.349 e. The largest absolute Gasteiger partial charge is 0.349 e. The van der Waals surface area contributed by atoms with Crippen molar-refractivity contribution < 1.29 is 4.79 Å². The van der Waals surface area contributed by atoms with Crippen LogP contribution in [0.15, 0.2) is 21.7 Å². The second-order valence-corrected chi connectivity index (χ2v) is 5.78. The average molecular weight is 390 g/mol. The van der Waals surface area contributed by atoms with Crippen LogP contribution >= 0.6 is 24.8 Å². The van der Waals surface area contributed by atoms with Gasteiger partial charge in [0, 0.05) is 26.7 Å². The van der Waals surface area contributed by atoms with Gasteiger partial charge in [-0.2, -0.15) is 0 Å². The molecule has 0 spiro atoms. The average Bonchev–Trinajstić information content (AvgIpc) is 3.08. The molecule has 2 aromatic rings. The van der Waals surface area contributed by atoms with Crippen molar-refractivity contribution in [1.29, 1.82) is 0 Å². The summed E-state index contributed by atoms with van der Waals surface area (Å²) in [6.45, 7) is 1.51. The van der Waals surface area contributed by atoms with E-state index >= 15 is 0 Å². The first-order valence-corrected chi connectivity index (χ1v) is 7.57. The molecule has 3 heterocycles. The summed E-state index contributed by atoms with van der Waals surface area (Å²) in [5.74, 6) is -0.311. The molecule has 0 aliphatic carbocycles. The molecule has 0 bridgehead atoms. The van der Waals surface area contributed by atoms with E-state index in [1.54, 1.807) is 0 Å². The van der Waals surface area contributed by atoms with E-state index in [1.807, 2.05) is 0 Å². The summed E-state index contributed by atoms with van der Waals surface area (Å²) in [4.78, 5) is 40.5.